The van der Waals surface area contributed by atoms with E-state index in [0.717, 1.165) is 35.2 Å². The van der Waals surface area contributed by atoms with Gasteiger partial charge in [0, 0.05) is 11.6 Å². The first-order valence-electron chi connectivity index (χ1n) is 9.69. The van der Waals surface area contributed by atoms with Gasteiger partial charge in [0.05, 0.1) is 13.1 Å². The fraction of sp³-hybridized carbons (Fsp3) is 0.667. The highest BCUT2D eigenvalue weighted by molar-refractivity contribution is 5.95. The van der Waals surface area contributed by atoms with Crippen LogP contribution in [0, 0.1) is 32.6 Å². The Morgan fingerprint density at radius 3 is 2.38 bits per heavy atom. The van der Waals surface area contributed by atoms with E-state index in [1.165, 1.54) is 49.1 Å². The monoisotopic (exact) mass is 329 g/mol. The standard InChI is InChI=1S/C21H32N2O/c1-14-11-15(2)20(16(3)12-14)22-21(24)17(4)23-10-9-18-7-5-6-8-19(18)13-23/h11-12,17-19H,5-10,13H2,1-4H3,(H,22,24)/p+1/t17-,18+,19-/m1/s1. The number of piperidine rings is 1. The van der Waals surface area contributed by atoms with Crippen molar-refractivity contribution in [3.05, 3.63) is 28.8 Å². The highest BCUT2D eigenvalue weighted by atomic mass is 16.2. The number of likely N-dealkylation sites (tertiary alicyclic amines) is 1. The summed E-state index contributed by atoms with van der Waals surface area (Å²) in [7, 11) is 0. The third-order valence-corrected chi connectivity index (χ3v) is 6.36. The molecule has 132 valence electrons. The van der Waals surface area contributed by atoms with Crippen LogP contribution in [0.25, 0.3) is 0 Å². The van der Waals surface area contributed by atoms with Crippen molar-refractivity contribution in [3.63, 3.8) is 0 Å². The van der Waals surface area contributed by atoms with E-state index in [2.05, 4.69) is 45.1 Å². The largest absolute Gasteiger partial charge is 0.325 e. The summed E-state index contributed by atoms with van der Waals surface area (Å²) < 4.78 is 0. The van der Waals surface area contributed by atoms with Crippen LogP contribution >= 0.6 is 0 Å². The van der Waals surface area contributed by atoms with E-state index in [1.807, 2.05) is 0 Å². The minimum Gasteiger partial charge on any atom is -0.325 e. The molecule has 3 rings (SSSR count). The van der Waals surface area contributed by atoms with Gasteiger partial charge in [-0.05, 0) is 64.0 Å². The molecule has 1 aliphatic heterocycles. The average molecular weight is 330 g/mol. The second kappa shape index (κ2) is 7.26. The first-order valence-corrected chi connectivity index (χ1v) is 9.69. The maximum Gasteiger partial charge on any atom is 0.282 e. The Bertz CT molecular complexity index is 587. The van der Waals surface area contributed by atoms with Crippen molar-refractivity contribution in [1.82, 2.24) is 0 Å². The number of rotatable bonds is 3. The number of hydrogen-bond acceptors (Lipinski definition) is 1. The minimum atomic E-state index is 0.0352. The van der Waals surface area contributed by atoms with E-state index in [1.54, 1.807) is 0 Å². The zero-order chi connectivity index (χ0) is 17.3. The smallest absolute Gasteiger partial charge is 0.282 e. The van der Waals surface area contributed by atoms with E-state index in [0.29, 0.717) is 0 Å². The molecule has 0 aromatic heterocycles. The van der Waals surface area contributed by atoms with Crippen molar-refractivity contribution in [2.45, 2.75) is 65.8 Å². The lowest BCUT2D eigenvalue weighted by Gasteiger charge is -2.40. The van der Waals surface area contributed by atoms with Gasteiger partial charge in [-0.15, -0.1) is 0 Å². The van der Waals surface area contributed by atoms with Crippen molar-refractivity contribution in [1.29, 1.82) is 0 Å². The van der Waals surface area contributed by atoms with Gasteiger partial charge in [0.1, 0.15) is 0 Å². The molecule has 2 N–H and O–H groups in total. The highest BCUT2D eigenvalue weighted by Crippen LogP contribution is 2.32. The minimum absolute atomic E-state index is 0.0352. The number of carbonyl (C=O) groups excluding carboxylic acids is 1. The number of carbonyl (C=O) groups is 1. The molecule has 3 heteroatoms. The Balaban J connectivity index is 1.65. The molecule has 1 saturated carbocycles. The second-order valence-corrected chi connectivity index (χ2v) is 8.19. The third kappa shape index (κ3) is 3.66. The number of benzene rings is 1. The molecule has 1 saturated heterocycles. The lowest BCUT2D eigenvalue weighted by atomic mass is 9.75. The Labute approximate surface area is 146 Å². The van der Waals surface area contributed by atoms with Crippen LogP contribution in [0.1, 0.15) is 55.7 Å². The Kier molecular flexibility index (Phi) is 5.29. The summed E-state index contributed by atoms with van der Waals surface area (Å²) in [5.74, 6) is 1.95. The number of anilines is 1. The summed E-state index contributed by atoms with van der Waals surface area (Å²) in [6.07, 6.45) is 6.90. The molecule has 24 heavy (non-hydrogen) atoms. The Morgan fingerprint density at radius 1 is 1.08 bits per heavy atom. The molecule has 4 atom stereocenters. The molecule has 2 aliphatic rings. The molecule has 0 radical (unpaired) electrons. The number of fused-ring (bicyclic) bond motifs is 1. The number of nitrogens with one attached hydrogen (secondary N) is 2. The molecule has 1 aromatic carbocycles. The van der Waals surface area contributed by atoms with Crippen LogP contribution in [-0.4, -0.2) is 25.0 Å². The zero-order valence-corrected chi connectivity index (χ0v) is 15.7. The van der Waals surface area contributed by atoms with Crippen LogP contribution in [0.2, 0.25) is 0 Å². The molecule has 1 unspecified atom stereocenters. The van der Waals surface area contributed by atoms with E-state index >= 15 is 0 Å². The summed E-state index contributed by atoms with van der Waals surface area (Å²) in [6.45, 7) is 10.7. The first-order chi connectivity index (χ1) is 11.5. The second-order valence-electron chi connectivity index (χ2n) is 8.19. The quantitative estimate of drug-likeness (QED) is 0.878. The summed E-state index contributed by atoms with van der Waals surface area (Å²) in [5.41, 5.74) is 4.58. The Hall–Kier alpha value is -1.35. The van der Waals surface area contributed by atoms with Crippen molar-refractivity contribution in [2.24, 2.45) is 11.8 Å². The maximum atomic E-state index is 12.8. The number of hydrogen-bond donors (Lipinski definition) is 2. The summed E-state index contributed by atoms with van der Waals surface area (Å²) >= 11 is 0. The van der Waals surface area contributed by atoms with Crippen LogP contribution in [0.3, 0.4) is 0 Å². The topological polar surface area (TPSA) is 33.5 Å². The van der Waals surface area contributed by atoms with Crippen LogP contribution in [0.5, 0.6) is 0 Å². The molecule has 0 bridgehead atoms. The number of amides is 1. The normalized spacial score (nSPS) is 28.1. The van der Waals surface area contributed by atoms with Gasteiger partial charge in [-0.2, -0.15) is 0 Å². The van der Waals surface area contributed by atoms with Gasteiger partial charge in [0.15, 0.2) is 6.04 Å². The van der Waals surface area contributed by atoms with E-state index in [9.17, 15) is 4.79 Å². The summed E-state index contributed by atoms with van der Waals surface area (Å²) in [6, 6.07) is 4.33. The molecule has 0 spiro atoms. The van der Waals surface area contributed by atoms with Crippen LogP contribution in [0.4, 0.5) is 5.69 Å². The number of aryl methyl sites for hydroxylation is 3. The third-order valence-electron chi connectivity index (χ3n) is 6.36. The van der Waals surface area contributed by atoms with E-state index in [4.69, 9.17) is 0 Å². The van der Waals surface area contributed by atoms with Crippen LogP contribution < -0.4 is 10.2 Å². The van der Waals surface area contributed by atoms with Crippen molar-refractivity contribution in [3.8, 4) is 0 Å². The Morgan fingerprint density at radius 2 is 1.71 bits per heavy atom. The van der Waals surface area contributed by atoms with E-state index in [-0.39, 0.29) is 11.9 Å². The highest BCUT2D eigenvalue weighted by Gasteiger charge is 2.37. The fourth-order valence-electron chi connectivity index (χ4n) is 4.93. The molecule has 3 nitrogen and oxygen atoms in total. The van der Waals surface area contributed by atoms with Crippen molar-refractivity contribution < 1.29 is 9.69 Å². The van der Waals surface area contributed by atoms with Crippen molar-refractivity contribution >= 4 is 11.6 Å². The number of quaternary nitrogens is 1. The SMILES string of the molecule is Cc1cc(C)c(NC(=O)[C@@H](C)[NH+]2CC[C@@H]3CCCC[C@@H]3C2)c(C)c1. The molecule has 1 aliphatic carbocycles. The molecule has 1 aromatic rings. The van der Waals surface area contributed by atoms with Gasteiger partial charge in [-0.25, -0.2) is 0 Å². The van der Waals surface area contributed by atoms with Gasteiger partial charge in [0.25, 0.3) is 5.91 Å². The molecular weight excluding hydrogens is 296 g/mol. The lowest BCUT2D eigenvalue weighted by molar-refractivity contribution is -0.924. The predicted molar refractivity (Wildman–Crippen MR) is 99.5 cm³/mol. The summed E-state index contributed by atoms with van der Waals surface area (Å²) in [5, 5.41) is 3.22. The van der Waals surface area contributed by atoms with Gasteiger partial charge in [-0.3, -0.25) is 4.79 Å². The van der Waals surface area contributed by atoms with Gasteiger partial charge >= 0.3 is 0 Å². The zero-order valence-electron chi connectivity index (χ0n) is 15.7. The van der Waals surface area contributed by atoms with Crippen LogP contribution in [-0.2, 0) is 4.79 Å². The van der Waals surface area contributed by atoms with Crippen LogP contribution in [0.15, 0.2) is 12.1 Å². The maximum absolute atomic E-state index is 12.8. The molecule has 1 amide bonds. The first kappa shape index (κ1) is 17.5. The van der Waals surface area contributed by atoms with Gasteiger partial charge < -0.3 is 10.2 Å². The van der Waals surface area contributed by atoms with E-state index < -0.39 is 0 Å². The summed E-state index contributed by atoms with van der Waals surface area (Å²) in [4.78, 5) is 14.3. The van der Waals surface area contributed by atoms with Gasteiger partial charge in [0.2, 0.25) is 0 Å². The average Bonchev–Trinajstić information content (AvgIpc) is 2.56. The van der Waals surface area contributed by atoms with Crippen molar-refractivity contribution in [2.75, 3.05) is 18.4 Å². The molecule has 1 heterocycles. The van der Waals surface area contributed by atoms with Gasteiger partial charge in [-0.1, -0.05) is 30.5 Å². The predicted octanol–water partition coefficient (Wildman–Crippen LogP) is 3.03. The molecular formula is C21H33N2O+. The fourth-order valence-corrected chi connectivity index (χ4v) is 4.93. The molecule has 2 fully saturated rings. The lowest BCUT2D eigenvalue weighted by Crippen LogP contribution is -3.18.